The first-order chi connectivity index (χ1) is 6.88. The van der Waals surface area contributed by atoms with Gasteiger partial charge in [0.25, 0.3) is 0 Å². The monoisotopic (exact) mass is 231 g/mol. The molecule has 0 amide bonds. The molecule has 1 aliphatic heterocycles. The van der Waals surface area contributed by atoms with Crippen molar-refractivity contribution in [3.63, 3.8) is 0 Å². The fourth-order valence-corrected chi connectivity index (χ4v) is 4.21. The zero-order valence-electron chi connectivity index (χ0n) is 8.41. The van der Waals surface area contributed by atoms with Crippen LogP contribution in [-0.4, -0.2) is 41.3 Å². The molecule has 1 unspecified atom stereocenters. The molecule has 4 heteroatoms. The Hall–Kier alpha value is 0.330. The molecule has 0 spiro atoms. The quantitative estimate of drug-likeness (QED) is 0.644. The van der Waals surface area contributed by atoms with Crippen LogP contribution in [0.4, 0.5) is 0 Å². The molecule has 0 bridgehead atoms. The van der Waals surface area contributed by atoms with Crippen LogP contribution in [0.2, 0.25) is 0 Å². The maximum absolute atomic E-state index is 11.8. The summed E-state index contributed by atoms with van der Waals surface area (Å²) in [5.41, 5.74) is 0. The van der Waals surface area contributed by atoms with Crippen LogP contribution in [-0.2, 0) is 4.79 Å². The van der Waals surface area contributed by atoms with Crippen molar-refractivity contribution in [3.8, 4) is 0 Å². The smallest absolute Gasteiger partial charge is 0.149 e. The van der Waals surface area contributed by atoms with Gasteiger partial charge in [-0.05, 0) is 12.8 Å². The van der Waals surface area contributed by atoms with Crippen molar-refractivity contribution in [2.75, 3.05) is 24.6 Å². The van der Waals surface area contributed by atoms with E-state index in [9.17, 15) is 4.79 Å². The molecule has 1 heterocycles. The number of rotatable bonds is 1. The summed E-state index contributed by atoms with van der Waals surface area (Å²) in [5.74, 6) is 2.84. The van der Waals surface area contributed by atoms with Gasteiger partial charge in [0.15, 0.2) is 0 Å². The Morgan fingerprint density at radius 1 is 1.14 bits per heavy atom. The molecular weight excluding hydrogens is 214 g/mol. The number of carbonyl (C=O) groups is 1. The van der Waals surface area contributed by atoms with Crippen LogP contribution in [0.3, 0.4) is 0 Å². The van der Waals surface area contributed by atoms with Gasteiger partial charge in [-0.1, -0.05) is 28.0 Å². The fraction of sp³-hybridized carbons (Fsp3) is 0.900. The van der Waals surface area contributed by atoms with E-state index < -0.39 is 0 Å². The number of Topliss-reactive ketones (excluding diaryl/α,β-unsaturated/α-hetero) is 1. The summed E-state index contributed by atoms with van der Waals surface area (Å²) in [6, 6.07) is 0.267. The molecule has 0 aromatic rings. The molecule has 0 aromatic carbocycles. The lowest BCUT2D eigenvalue weighted by atomic mass is 9.93. The normalized spacial score (nSPS) is 31.4. The van der Waals surface area contributed by atoms with Gasteiger partial charge >= 0.3 is 0 Å². The second-order valence-electron chi connectivity index (χ2n) is 3.91. The van der Waals surface area contributed by atoms with E-state index in [0.29, 0.717) is 5.78 Å². The average molecular weight is 231 g/mol. The molecule has 2 rings (SSSR count). The molecule has 2 fully saturated rings. The maximum atomic E-state index is 11.8. The summed E-state index contributed by atoms with van der Waals surface area (Å²) in [6.07, 6.45) is 4.29. The fourth-order valence-electron chi connectivity index (χ4n) is 2.20. The topological polar surface area (TPSA) is 20.3 Å². The third-order valence-corrected chi connectivity index (χ3v) is 5.34. The van der Waals surface area contributed by atoms with Crippen LogP contribution < -0.4 is 0 Å². The molecule has 0 radical (unpaired) electrons. The molecule has 1 saturated heterocycles. The average Bonchev–Trinajstić information content (AvgIpc) is 2.47. The van der Waals surface area contributed by atoms with Crippen LogP contribution in [0.5, 0.6) is 0 Å². The molecule has 2 aliphatic rings. The van der Waals surface area contributed by atoms with E-state index in [2.05, 4.69) is 4.90 Å². The highest BCUT2D eigenvalue weighted by Crippen LogP contribution is 2.27. The number of ketones is 1. The van der Waals surface area contributed by atoms with Crippen LogP contribution in [0.25, 0.3) is 0 Å². The zero-order valence-corrected chi connectivity index (χ0v) is 10.0. The minimum atomic E-state index is 0.267. The van der Waals surface area contributed by atoms with E-state index in [4.69, 9.17) is 0 Å². The van der Waals surface area contributed by atoms with Crippen molar-refractivity contribution >= 4 is 27.4 Å². The highest BCUT2D eigenvalue weighted by molar-refractivity contribution is 8.76. The predicted molar refractivity (Wildman–Crippen MR) is 63.8 cm³/mol. The van der Waals surface area contributed by atoms with Gasteiger partial charge in [0.1, 0.15) is 5.78 Å². The van der Waals surface area contributed by atoms with Crippen LogP contribution in [0, 0.1) is 0 Å². The summed E-state index contributed by atoms with van der Waals surface area (Å²) < 4.78 is 0. The summed E-state index contributed by atoms with van der Waals surface area (Å²) in [5, 5.41) is 0. The predicted octanol–water partition coefficient (Wildman–Crippen LogP) is 2.20. The van der Waals surface area contributed by atoms with Crippen molar-refractivity contribution in [1.82, 2.24) is 4.90 Å². The summed E-state index contributed by atoms with van der Waals surface area (Å²) in [4.78, 5) is 14.2. The van der Waals surface area contributed by atoms with E-state index >= 15 is 0 Å². The Kier molecular flexibility index (Phi) is 4.20. The Labute approximate surface area is 93.6 Å². The van der Waals surface area contributed by atoms with E-state index in [1.807, 2.05) is 21.6 Å². The first-order valence-electron chi connectivity index (χ1n) is 5.39. The molecule has 1 atom stereocenters. The molecule has 1 aliphatic carbocycles. The molecular formula is C10H17NOS2. The SMILES string of the molecule is O=C1CCCCC1N1CCSSCC1. The molecule has 0 N–H and O–H groups in total. The van der Waals surface area contributed by atoms with Gasteiger partial charge in [-0.15, -0.1) is 0 Å². The van der Waals surface area contributed by atoms with Gasteiger partial charge in [-0.25, -0.2) is 0 Å². The maximum Gasteiger partial charge on any atom is 0.149 e. The Morgan fingerprint density at radius 3 is 2.50 bits per heavy atom. The van der Waals surface area contributed by atoms with Gasteiger partial charge in [0.05, 0.1) is 6.04 Å². The summed E-state index contributed by atoms with van der Waals surface area (Å²) in [7, 11) is 3.90. The minimum absolute atomic E-state index is 0.267. The molecule has 80 valence electrons. The number of hydrogen-bond acceptors (Lipinski definition) is 4. The van der Waals surface area contributed by atoms with E-state index in [0.717, 1.165) is 32.4 Å². The standard InChI is InChI=1S/C10H17NOS2/c12-10-4-2-1-3-9(10)11-5-7-13-14-8-6-11/h9H,1-8H2. The van der Waals surface area contributed by atoms with Crippen molar-refractivity contribution in [2.24, 2.45) is 0 Å². The summed E-state index contributed by atoms with van der Waals surface area (Å²) in [6.45, 7) is 2.21. The van der Waals surface area contributed by atoms with Crippen molar-refractivity contribution in [1.29, 1.82) is 0 Å². The molecule has 2 nitrogen and oxygen atoms in total. The van der Waals surface area contributed by atoms with Gasteiger partial charge in [0, 0.05) is 31.0 Å². The highest BCUT2D eigenvalue weighted by Gasteiger charge is 2.28. The number of hydrogen-bond donors (Lipinski definition) is 0. The van der Waals surface area contributed by atoms with Crippen LogP contribution in [0.15, 0.2) is 0 Å². The van der Waals surface area contributed by atoms with Crippen molar-refractivity contribution in [2.45, 2.75) is 31.7 Å². The lowest BCUT2D eigenvalue weighted by Crippen LogP contribution is -2.44. The largest absolute Gasteiger partial charge is 0.298 e. The van der Waals surface area contributed by atoms with Gasteiger partial charge in [-0.3, -0.25) is 9.69 Å². The Bertz CT molecular complexity index is 202. The number of nitrogens with zero attached hydrogens (tertiary/aromatic N) is 1. The first-order valence-corrected chi connectivity index (χ1v) is 7.88. The number of carbonyl (C=O) groups excluding carboxylic acids is 1. The third-order valence-electron chi connectivity index (χ3n) is 2.97. The van der Waals surface area contributed by atoms with E-state index in [1.54, 1.807) is 0 Å². The lowest BCUT2D eigenvalue weighted by Gasteiger charge is -2.31. The van der Waals surface area contributed by atoms with Crippen molar-refractivity contribution < 1.29 is 4.79 Å². The minimum Gasteiger partial charge on any atom is -0.298 e. The third kappa shape index (κ3) is 2.67. The second-order valence-corrected chi connectivity index (χ2v) is 6.61. The highest BCUT2D eigenvalue weighted by atomic mass is 33.1. The Morgan fingerprint density at radius 2 is 1.86 bits per heavy atom. The summed E-state index contributed by atoms with van der Waals surface area (Å²) >= 11 is 0. The second kappa shape index (κ2) is 5.42. The zero-order chi connectivity index (χ0) is 9.80. The first kappa shape index (κ1) is 10.8. The lowest BCUT2D eigenvalue weighted by molar-refractivity contribution is -0.126. The molecule has 14 heavy (non-hydrogen) atoms. The molecule has 0 aromatic heterocycles. The van der Waals surface area contributed by atoms with E-state index in [1.165, 1.54) is 17.9 Å². The van der Waals surface area contributed by atoms with Crippen LogP contribution >= 0.6 is 21.6 Å². The van der Waals surface area contributed by atoms with Crippen molar-refractivity contribution in [3.05, 3.63) is 0 Å². The van der Waals surface area contributed by atoms with Gasteiger partial charge < -0.3 is 0 Å². The van der Waals surface area contributed by atoms with E-state index in [-0.39, 0.29) is 6.04 Å². The van der Waals surface area contributed by atoms with Crippen LogP contribution in [0.1, 0.15) is 25.7 Å². The molecule has 1 saturated carbocycles. The van der Waals surface area contributed by atoms with Gasteiger partial charge in [0.2, 0.25) is 0 Å². The Balaban J connectivity index is 1.93. The van der Waals surface area contributed by atoms with Gasteiger partial charge in [-0.2, -0.15) is 0 Å².